The van der Waals surface area contributed by atoms with E-state index in [2.05, 4.69) is 4.98 Å². The van der Waals surface area contributed by atoms with Gasteiger partial charge in [0.25, 0.3) is 0 Å². The Morgan fingerprint density at radius 3 is 2.95 bits per heavy atom. The lowest BCUT2D eigenvalue weighted by Gasteiger charge is -2.03. The molecule has 0 fully saturated rings. The molecule has 1 heterocycles. The molecule has 96 valence electrons. The highest BCUT2D eigenvalue weighted by molar-refractivity contribution is 5.73. The number of nitrogens with two attached hydrogens (primary N) is 1. The van der Waals surface area contributed by atoms with E-state index in [4.69, 9.17) is 14.9 Å². The van der Waals surface area contributed by atoms with Crippen molar-refractivity contribution in [2.24, 2.45) is 0 Å². The second-order valence-electron chi connectivity index (χ2n) is 4.44. The molecule has 4 nitrogen and oxygen atoms in total. The molecule has 0 spiro atoms. The highest BCUT2D eigenvalue weighted by Crippen LogP contribution is 2.19. The van der Waals surface area contributed by atoms with E-state index in [-0.39, 0.29) is 6.61 Å². The Hall–Kier alpha value is -2.49. The van der Waals surface area contributed by atoms with Crippen molar-refractivity contribution in [3.05, 3.63) is 53.9 Å². The molecule has 0 saturated heterocycles. The van der Waals surface area contributed by atoms with Crippen LogP contribution in [0.5, 0.6) is 5.75 Å². The summed E-state index contributed by atoms with van der Waals surface area (Å²) in [7, 11) is 0. The molecule has 0 aliphatic heterocycles. The second-order valence-corrected chi connectivity index (χ2v) is 4.44. The van der Waals surface area contributed by atoms with E-state index in [9.17, 15) is 0 Å². The van der Waals surface area contributed by atoms with Gasteiger partial charge in [0, 0.05) is 11.8 Å². The molecule has 2 N–H and O–H groups in total. The van der Waals surface area contributed by atoms with E-state index in [1.54, 1.807) is 6.07 Å². The highest BCUT2D eigenvalue weighted by Gasteiger charge is 2.06. The van der Waals surface area contributed by atoms with Gasteiger partial charge in [0.15, 0.2) is 12.2 Å². The van der Waals surface area contributed by atoms with Crippen LogP contribution in [-0.2, 0) is 6.61 Å². The van der Waals surface area contributed by atoms with Gasteiger partial charge in [0.05, 0.1) is 0 Å². The number of aromatic nitrogens is 1. The summed E-state index contributed by atoms with van der Waals surface area (Å²) < 4.78 is 11.2. The van der Waals surface area contributed by atoms with Crippen LogP contribution >= 0.6 is 0 Å². The van der Waals surface area contributed by atoms with Crippen molar-refractivity contribution in [3.8, 4) is 5.75 Å². The Morgan fingerprint density at radius 1 is 1.21 bits per heavy atom. The van der Waals surface area contributed by atoms with Crippen LogP contribution in [-0.4, -0.2) is 4.98 Å². The largest absolute Gasteiger partial charge is 0.484 e. The smallest absolute Gasteiger partial charge is 0.233 e. The van der Waals surface area contributed by atoms with Crippen molar-refractivity contribution in [3.63, 3.8) is 0 Å². The summed E-state index contributed by atoms with van der Waals surface area (Å²) in [5, 5.41) is 0. The maximum Gasteiger partial charge on any atom is 0.233 e. The van der Waals surface area contributed by atoms with Crippen molar-refractivity contribution >= 4 is 16.8 Å². The van der Waals surface area contributed by atoms with E-state index in [1.807, 2.05) is 43.3 Å². The number of hydrogen-bond acceptors (Lipinski definition) is 4. The molecule has 0 aliphatic carbocycles. The molecule has 0 amide bonds. The molecule has 1 aromatic heterocycles. The van der Waals surface area contributed by atoms with E-state index in [0.29, 0.717) is 17.3 Å². The maximum absolute atomic E-state index is 5.69. The summed E-state index contributed by atoms with van der Waals surface area (Å²) in [4.78, 5) is 4.39. The van der Waals surface area contributed by atoms with Crippen LogP contribution in [0.4, 0.5) is 5.69 Å². The zero-order chi connectivity index (χ0) is 13.2. The fourth-order valence-corrected chi connectivity index (χ4v) is 1.90. The predicted octanol–water partition coefficient (Wildman–Crippen LogP) is 3.30. The van der Waals surface area contributed by atoms with Crippen molar-refractivity contribution in [1.82, 2.24) is 4.98 Å². The van der Waals surface area contributed by atoms with Crippen LogP contribution in [0.2, 0.25) is 0 Å². The van der Waals surface area contributed by atoms with E-state index in [1.165, 1.54) is 0 Å². The third-order valence-corrected chi connectivity index (χ3v) is 2.81. The SMILES string of the molecule is Cc1ccc2oc(COc3cccc(N)c3)nc2c1. The van der Waals surface area contributed by atoms with Crippen LogP contribution in [0.1, 0.15) is 11.5 Å². The first-order valence-electron chi connectivity index (χ1n) is 6.05. The highest BCUT2D eigenvalue weighted by atomic mass is 16.5. The quantitative estimate of drug-likeness (QED) is 0.728. The van der Waals surface area contributed by atoms with Crippen LogP contribution in [0.3, 0.4) is 0 Å². The molecule has 0 atom stereocenters. The van der Waals surface area contributed by atoms with Crippen molar-refractivity contribution in [2.45, 2.75) is 13.5 Å². The lowest BCUT2D eigenvalue weighted by molar-refractivity contribution is 0.267. The van der Waals surface area contributed by atoms with Crippen LogP contribution in [0, 0.1) is 6.92 Å². The number of fused-ring (bicyclic) bond motifs is 1. The van der Waals surface area contributed by atoms with E-state index < -0.39 is 0 Å². The summed E-state index contributed by atoms with van der Waals surface area (Å²) >= 11 is 0. The molecule has 19 heavy (non-hydrogen) atoms. The number of benzene rings is 2. The summed E-state index contributed by atoms with van der Waals surface area (Å²) in [5.41, 5.74) is 9.14. The average Bonchev–Trinajstić information content (AvgIpc) is 2.78. The maximum atomic E-state index is 5.69. The molecule has 2 aromatic carbocycles. The Balaban J connectivity index is 1.78. The molecule has 0 unspecified atom stereocenters. The third-order valence-electron chi connectivity index (χ3n) is 2.81. The van der Waals surface area contributed by atoms with Gasteiger partial charge in [0.1, 0.15) is 11.3 Å². The molecule has 0 saturated carbocycles. The average molecular weight is 254 g/mol. The zero-order valence-corrected chi connectivity index (χ0v) is 10.6. The topological polar surface area (TPSA) is 61.3 Å². The zero-order valence-electron chi connectivity index (χ0n) is 10.6. The fraction of sp³-hybridized carbons (Fsp3) is 0.133. The fourth-order valence-electron chi connectivity index (χ4n) is 1.90. The number of nitrogen functional groups attached to an aromatic ring is 1. The Morgan fingerprint density at radius 2 is 2.11 bits per heavy atom. The summed E-state index contributed by atoms with van der Waals surface area (Å²) in [6.07, 6.45) is 0. The molecule has 3 rings (SSSR count). The number of nitrogens with zero attached hydrogens (tertiary/aromatic N) is 1. The first-order chi connectivity index (χ1) is 9.20. The van der Waals surface area contributed by atoms with Gasteiger partial charge in [-0.1, -0.05) is 12.1 Å². The molecule has 3 aromatic rings. The Labute approximate surface area is 110 Å². The molecular weight excluding hydrogens is 240 g/mol. The third kappa shape index (κ3) is 2.52. The normalized spacial score (nSPS) is 10.8. The summed E-state index contributed by atoms with van der Waals surface area (Å²) in [6, 6.07) is 13.2. The summed E-state index contributed by atoms with van der Waals surface area (Å²) in [5.74, 6) is 1.27. The van der Waals surface area contributed by atoms with Gasteiger partial charge in [-0.3, -0.25) is 0 Å². The van der Waals surface area contributed by atoms with Gasteiger partial charge in [-0.2, -0.15) is 0 Å². The minimum absolute atomic E-state index is 0.289. The van der Waals surface area contributed by atoms with Crippen LogP contribution in [0.15, 0.2) is 46.9 Å². The first-order valence-corrected chi connectivity index (χ1v) is 6.05. The molecule has 0 aliphatic rings. The summed E-state index contributed by atoms with van der Waals surface area (Å²) in [6.45, 7) is 2.31. The number of ether oxygens (including phenoxy) is 1. The standard InChI is InChI=1S/C15H14N2O2/c1-10-5-6-14-13(7-10)17-15(19-14)9-18-12-4-2-3-11(16)8-12/h2-8H,9,16H2,1H3. The number of anilines is 1. The lowest BCUT2D eigenvalue weighted by Crippen LogP contribution is -1.96. The van der Waals surface area contributed by atoms with E-state index >= 15 is 0 Å². The van der Waals surface area contributed by atoms with Gasteiger partial charge >= 0.3 is 0 Å². The monoisotopic (exact) mass is 254 g/mol. The van der Waals surface area contributed by atoms with Gasteiger partial charge < -0.3 is 14.9 Å². The second kappa shape index (κ2) is 4.65. The van der Waals surface area contributed by atoms with Gasteiger partial charge in [-0.05, 0) is 36.8 Å². The Kier molecular flexibility index (Phi) is 2.83. The number of oxazole rings is 1. The first kappa shape index (κ1) is 11.6. The minimum Gasteiger partial charge on any atom is -0.484 e. The van der Waals surface area contributed by atoms with Crippen LogP contribution in [0.25, 0.3) is 11.1 Å². The minimum atomic E-state index is 0.289. The number of aryl methyl sites for hydroxylation is 1. The Bertz CT molecular complexity index is 719. The van der Waals surface area contributed by atoms with Gasteiger partial charge in [0.2, 0.25) is 5.89 Å². The number of rotatable bonds is 3. The van der Waals surface area contributed by atoms with Crippen molar-refractivity contribution in [1.29, 1.82) is 0 Å². The van der Waals surface area contributed by atoms with E-state index in [0.717, 1.165) is 16.7 Å². The van der Waals surface area contributed by atoms with Crippen molar-refractivity contribution < 1.29 is 9.15 Å². The molecule has 4 heteroatoms. The van der Waals surface area contributed by atoms with Gasteiger partial charge in [-0.15, -0.1) is 0 Å². The van der Waals surface area contributed by atoms with Crippen LogP contribution < -0.4 is 10.5 Å². The lowest BCUT2D eigenvalue weighted by atomic mass is 10.2. The van der Waals surface area contributed by atoms with Crippen molar-refractivity contribution in [2.75, 3.05) is 5.73 Å². The molecular formula is C15H14N2O2. The van der Waals surface area contributed by atoms with Gasteiger partial charge in [-0.25, -0.2) is 4.98 Å². The molecule has 0 radical (unpaired) electrons. The predicted molar refractivity (Wildman–Crippen MR) is 73.9 cm³/mol. The number of hydrogen-bond donors (Lipinski definition) is 1. The molecule has 0 bridgehead atoms.